The average Bonchev–Trinajstić information content (AvgIpc) is 2.73. The van der Waals surface area contributed by atoms with Gasteiger partial charge in [0.15, 0.2) is 11.5 Å². The topological polar surface area (TPSA) is 107 Å². The summed E-state index contributed by atoms with van der Waals surface area (Å²) in [5, 5.41) is 6.25. The first-order valence-corrected chi connectivity index (χ1v) is 8.12. The van der Waals surface area contributed by atoms with E-state index in [0.717, 1.165) is 0 Å². The number of hydrogen-bond acceptors (Lipinski definition) is 7. The van der Waals surface area contributed by atoms with E-state index in [4.69, 9.17) is 18.9 Å². The molecule has 28 heavy (non-hydrogen) atoms. The molecule has 0 fully saturated rings. The highest BCUT2D eigenvalue weighted by Gasteiger charge is 2.16. The fourth-order valence-electron chi connectivity index (χ4n) is 2.36. The van der Waals surface area contributed by atoms with Gasteiger partial charge in [0.1, 0.15) is 5.75 Å². The SMILES string of the molecule is COc1ccccc1NC(=O)C(=O)N/N=C\c1ccc(OC)c(OC)c1OC. The van der Waals surface area contributed by atoms with E-state index in [-0.39, 0.29) is 0 Å². The van der Waals surface area contributed by atoms with Crippen LogP contribution in [-0.2, 0) is 9.59 Å². The van der Waals surface area contributed by atoms with E-state index in [1.165, 1.54) is 34.7 Å². The second-order valence-corrected chi connectivity index (χ2v) is 5.28. The zero-order chi connectivity index (χ0) is 20.5. The van der Waals surface area contributed by atoms with E-state index in [1.807, 2.05) is 0 Å². The maximum atomic E-state index is 12.0. The molecular formula is C19H21N3O6. The normalized spacial score (nSPS) is 10.3. The number of ether oxygens (including phenoxy) is 4. The minimum absolute atomic E-state index is 0.371. The van der Waals surface area contributed by atoms with Crippen LogP contribution in [0.15, 0.2) is 41.5 Å². The van der Waals surface area contributed by atoms with E-state index in [2.05, 4.69) is 15.8 Å². The largest absolute Gasteiger partial charge is 0.495 e. The molecule has 0 atom stereocenters. The first kappa shape index (κ1) is 20.6. The third-order valence-corrected chi connectivity index (χ3v) is 3.67. The van der Waals surface area contributed by atoms with Gasteiger partial charge in [-0.2, -0.15) is 5.10 Å². The van der Waals surface area contributed by atoms with Crippen molar-refractivity contribution in [3.63, 3.8) is 0 Å². The molecule has 9 nitrogen and oxygen atoms in total. The number of nitrogens with one attached hydrogen (secondary N) is 2. The maximum Gasteiger partial charge on any atom is 0.329 e. The number of amides is 2. The van der Waals surface area contributed by atoms with E-state index >= 15 is 0 Å². The summed E-state index contributed by atoms with van der Waals surface area (Å²) in [5.74, 6) is -0.158. The molecule has 0 unspecified atom stereocenters. The summed E-state index contributed by atoms with van der Waals surface area (Å²) in [6.45, 7) is 0. The molecule has 0 bridgehead atoms. The highest BCUT2D eigenvalue weighted by molar-refractivity contribution is 6.39. The smallest absolute Gasteiger partial charge is 0.329 e. The van der Waals surface area contributed by atoms with Gasteiger partial charge < -0.3 is 24.3 Å². The van der Waals surface area contributed by atoms with Crippen molar-refractivity contribution in [3.05, 3.63) is 42.0 Å². The van der Waals surface area contributed by atoms with Crippen LogP contribution >= 0.6 is 0 Å². The minimum Gasteiger partial charge on any atom is -0.495 e. The van der Waals surface area contributed by atoms with Crippen LogP contribution < -0.4 is 29.7 Å². The van der Waals surface area contributed by atoms with Crippen LogP contribution in [-0.4, -0.2) is 46.5 Å². The standard InChI is InChI=1S/C19H21N3O6/c1-25-14-8-6-5-7-13(14)21-18(23)19(24)22-20-11-12-9-10-15(26-2)17(28-4)16(12)27-3/h5-11H,1-4H3,(H,21,23)(H,22,24)/b20-11-. The third-order valence-electron chi connectivity index (χ3n) is 3.67. The Morgan fingerprint density at radius 1 is 0.821 bits per heavy atom. The molecule has 0 saturated heterocycles. The van der Waals surface area contributed by atoms with Gasteiger partial charge in [0.25, 0.3) is 0 Å². The van der Waals surface area contributed by atoms with Gasteiger partial charge in [-0.25, -0.2) is 5.43 Å². The quantitative estimate of drug-likeness (QED) is 0.426. The highest BCUT2D eigenvalue weighted by atomic mass is 16.5. The van der Waals surface area contributed by atoms with Crippen LogP contribution in [0.1, 0.15) is 5.56 Å². The number of nitrogens with zero attached hydrogens (tertiary/aromatic N) is 1. The van der Waals surface area contributed by atoms with E-state index in [9.17, 15) is 9.59 Å². The lowest BCUT2D eigenvalue weighted by Gasteiger charge is -2.13. The van der Waals surface area contributed by atoms with Crippen LogP contribution in [0.25, 0.3) is 0 Å². The fourth-order valence-corrected chi connectivity index (χ4v) is 2.36. The predicted octanol–water partition coefficient (Wildman–Crippen LogP) is 1.81. The van der Waals surface area contributed by atoms with Crippen molar-refractivity contribution in [1.29, 1.82) is 0 Å². The number of para-hydroxylation sites is 2. The molecule has 0 aliphatic heterocycles. The molecule has 0 spiro atoms. The molecule has 2 amide bonds. The van der Waals surface area contributed by atoms with Crippen molar-refractivity contribution in [1.82, 2.24) is 5.43 Å². The molecule has 2 N–H and O–H groups in total. The van der Waals surface area contributed by atoms with E-state index in [0.29, 0.717) is 34.2 Å². The summed E-state index contributed by atoms with van der Waals surface area (Å²) in [5.41, 5.74) is 3.05. The predicted molar refractivity (Wildman–Crippen MR) is 103 cm³/mol. The van der Waals surface area contributed by atoms with Crippen molar-refractivity contribution in [3.8, 4) is 23.0 Å². The van der Waals surface area contributed by atoms with Crippen LogP contribution in [0.5, 0.6) is 23.0 Å². The Morgan fingerprint density at radius 2 is 1.50 bits per heavy atom. The number of methoxy groups -OCH3 is 4. The minimum atomic E-state index is -0.943. The molecule has 0 aliphatic carbocycles. The molecule has 0 aromatic heterocycles. The summed E-state index contributed by atoms with van der Waals surface area (Å²) in [4.78, 5) is 24.0. The van der Waals surface area contributed by atoms with Gasteiger partial charge in [0.2, 0.25) is 5.75 Å². The van der Waals surface area contributed by atoms with Crippen molar-refractivity contribution in [2.75, 3.05) is 33.8 Å². The van der Waals surface area contributed by atoms with Gasteiger partial charge in [-0.3, -0.25) is 9.59 Å². The van der Waals surface area contributed by atoms with Crippen LogP contribution in [0.2, 0.25) is 0 Å². The average molecular weight is 387 g/mol. The first-order valence-electron chi connectivity index (χ1n) is 8.12. The number of carbonyl (C=O) groups is 2. The Balaban J connectivity index is 2.08. The highest BCUT2D eigenvalue weighted by Crippen LogP contribution is 2.38. The second-order valence-electron chi connectivity index (χ2n) is 5.28. The van der Waals surface area contributed by atoms with Crippen molar-refractivity contribution in [2.45, 2.75) is 0 Å². The summed E-state index contributed by atoms with van der Waals surface area (Å²) >= 11 is 0. The Kier molecular flexibility index (Phi) is 7.21. The number of hydrogen-bond donors (Lipinski definition) is 2. The zero-order valence-corrected chi connectivity index (χ0v) is 15.9. The van der Waals surface area contributed by atoms with Gasteiger partial charge in [-0.15, -0.1) is 0 Å². The van der Waals surface area contributed by atoms with Gasteiger partial charge in [0.05, 0.1) is 40.3 Å². The van der Waals surface area contributed by atoms with Crippen molar-refractivity contribution in [2.24, 2.45) is 5.10 Å². The van der Waals surface area contributed by atoms with Gasteiger partial charge in [0, 0.05) is 5.56 Å². The lowest BCUT2D eigenvalue weighted by atomic mass is 10.2. The number of anilines is 1. The molecule has 0 radical (unpaired) electrons. The van der Waals surface area contributed by atoms with E-state index in [1.54, 1.807) is 36.4 Å². The summed E-state index contributed by atoms with van der Waals surface area (Å²) < 4.78 is 20.9. The fraction of sp³-hybridized carbons (Fsp3) is 0.211. The first-order chi connectivity index (χ1) is 13.5. The molecule has 0 aliphatic rings. The lowest BCUT2D eigenvalue weighted by Crippen LogP contribution is -2.32. The van der Waals surface area contributed by atoms with Crippen LogP contribution in [0.4, 0.5) is 5.69 Å². The van der Waals surface area contributed by atoms with Crippen molar-refractivity contribution >= 4 is 23.7 Å². The molecule has 0 heterocycles. The molecule has 2 aromatic carbocycles. The lowest BCUT2D eigenvalue weighted by molar-refractivity contribution is -0.136. The van der Waals surface area contributed by atoms with Crippen molar-refractivity contribution < 1.29 is 28.5 Å². The summed E-state index contributed by atoms with van der Waals surface area (Å²) in [6.07, 6.45) is 1.33. The number of rotatable bonds is 7. The number of carbonyl (C=O) groups excluding carboxylic acids is 2. The maximum absolute atomic E-state index is 12.0. The Bertz CT molecular complexity index is 882. The Hall–Kier alpha value is -3.75. The molecule has 2 rings (SSSR count). The summed E-state index contributed by atoms with van der Waals surface area (Å²) in [7, 11) is 5.91. The Morgan fingerprint density at radius 3 is 2.14 bits per heavy atom. The molecule has 0 saturated carbocycles. The zero-order valence-electron chi connectivity index (χ0n) is 15.9. The number of hydrazone groups is 1. The van der Waals surface area contributed by atoms with E-state index < -0.39 is 11.8 Å². The number of benzene rings is 2. The monoisotopic (exact) mass is 387 g/mol. The Labute approximate surface area is 162 Å². The van der Waals surface area contributed by atoms with Crippen LogP contribution in [0.3, 0.4) is 0 Å². The van der Waals surface area contributed by atoms with Crippen LogP contribution in [0, 0.1) is 0 Å². The van der Waals surface area contributed by atoms with Gasteiger partial charge in [-0.05, 0) is 24.3 Å². The molecule has 2 aromatic rings. The second kappa shape index (κ2) is 9.81. The summed E-state index contributed by atoms with van der Waals surface area (Å²) in [6, 6.07) is 10.1. The molecule has 9 heteroatoms. The van der Waals surface area contributed by atoms with Gasteiger partial charge in [-0.1, -0.05) is 12.1 Å². The third kappa shape index (κ3) is 4.70. The molecular weight excluding hydrogens is 366 g/mol. The molecule has 148 valence electrons. The van der Waals surface area contributed by atoms with Gasteiger partial charge >= 0.3 is 11.8 Å².